The monoisotopic (exact) mass is 396 g/mol. The molecule has 0 radical (unpaired) electrons. The number of ether oxygens (including phenoxy) is 1. The highest BCUT2D eigenvalue weighted by atomic mass is 35.5. The van der Waals surface area contributed by atoms with Gasteiger partial charge in [-0.15, -0.1) is 0 Å². The minimum Gasteiger partial charge on any atom is -0.495 e. The maximum absolute atomic E-state index is 12.9. The lowest BCUT2D eigenvalue weighted by Gasteiger charge is -2.29. The topological polar surface area (TPSA) is 112 Å². The van der Waals surface area contributed by atoms with E-state index in [9.17, 15) is 14.4 Å². The molecule has 1 N–H and O–H groups in total. The summed E-state index contributed by atoms with van der Waals surface area (Å²) in [6, 6.07) is 11.9. The molecule has 0 unspecified atom stereocenters. The summed E-state index contributed by atoms with van der Waals surface area (Å²) in [7, 11) is 1.40. The molecule has 1 saturated heterocycles. The lowest BCUT2D eigenvalue weighted by atomic mass is 10.1. The van der Waals surface area contributed by atoms with E-state index in [0.29, 0.717) is 5.02 Å². The highest BCUT2D eigenvalue weighted by Gasteiger charge is 2.41. The van der Waals surface area contributed by atoms with Crippen molar-refractivity contribution in [2.75, 3.05) is 12.0 Å². The smallest absolute Gasteiger partial charge is 0.335 e. The number of carbonyl (C=O) groups is 3. The molecule has 0 aliphatic carbocycles. The summed E-state index contributed by atoms with van der Waals surface area (Å²) < 4.78 is 5.19. The molecule has 1 atom stereocenters. The van der Waals surface area contributed by atoms with Crippen LogP contribution in [0.25, 0.3) is 0 Å². The molecule has 3 rings (SSSR count). The predicted molar refractivity (Wildman–Crippen MR) is 102 cm³/mol. The third kappa shape index (κ3) is 3.56. The Hall–Kier alpha value is -3.70. The zero-order valence-electron chi connectivity index (χ0n) is 14.5. The predicted octanol–water partition coefficient (Wildman–Crippen LogP) is 2.82. The van der Waals surface area contributed by atoms with Gasteiger partial charge in [-0.2, -0.15) is 5.26 Å². The van der Waals surface area contributed by atoms with Crippen molar-refractivity contribution in [2.24, 2.45) is 10.9 Å². The second-order valence-corrected chi connectivity index (χ2v) is 6.11. The number of barbiturate groups is 1. The molecule has 140 valence electrons. The summed E-state index contributed by atoms with van der Waals surface area (Å²) in [6.07, 6.45) is 1.08. The summed E-state index contributed by atoms with van der Waals surface area (Å²) in [6.45, 7) is 0. The number of nitriles is 1. The summed E-state index contributed by atoms with van der Waals surface area (Å²) in [5.41, 5.74) is 0.622. The Kier molecular flexibility index (Phi) is 5.38. The Morgan fingerprint density at radius 3 is 2.71 bits per heavy atom. The maximum Gasteiger partial charge on any atom is 0.335 e. The Bertz CT molecular complexity index is 1040. The molecule has 4 amide bonds. The van der Waals surface area contributed by atoms with Crippen molar-refractivity contribution in [2.45, 2.75) is 0 Å². The highest BCUT2D eigenvalue weighted by molar-refractivity contribution is 6.33. The van der Waals surface area contributed by atoms with Gasteiger partial charge in [0.05, 0.1) is 24.0 Å². The number of methoxy groups -OCH3 is 1. The minimum absolute atomic E-state index is 0.193. The van der Waals surface area contributed by atoms with Gasteiger partial charge in [0, 0.05) is 11.2 Å². The zero-order valence-corrected chi connectivity index (χ0v) is 15.3. The molecule has 0 bridgehead atoms. The van der Waals surface area contributed by atoms with Gasteiger partial charge in [0.15, 0.2) is 5.92 Å². The molecule has 8 nitrogen and oxygen atoms in total. The molecular formula is C19H13ClN4O4. The first-order valence-corrected chi connectivity index (χ1v) is 8.39. The number of carbonyl (C=O) groups excluding carboxylic acids is 3. The number of aliphatic imine (C=N–C) groups is 1. The quantitative estimate of drug-likeness (QED) is 0.630. The first kappa shape index (κ1) is 19.1. The molecule has 1 heterocycles. The maximum atomic E-state index is 12.9. The standard InChI is InChI=1S/C19H13ClN4O4/c1-28-16-5-3-2-4-15(16)24-18(26)13(17(25)23-19(24)27)10-22-14-8-12(20)7-6-11(14)9-21/h2-8,10,13H,1H3,(H,23,25,27)/t13-/m0/s1. The third-order valence-electron chi connectivity index (χ3n) is 3.97. The van der Waals surface area contributed by atoms with Crippen LogP contribution in [0, 0.1) is 17.2 Å². The molecule has 28 heavy (non-hydrogen) atoms. The number of hydrogen-bond acceptors (Lipinski definition) is 6. The number of rotatable bonds is 4. The van der Waals surface area contributed by atoms with Crippen LogP contribution in [0.15, 0.2) is 47.5 Å². The summed E-state index contributed by atoms with van der Waals surface area (Å²) in [5.74, 6) is -2.68. The van der Waals surface area contributed by atoms with Gasteiger partial charge in [0.1, 0.15) is 11.8 Å². The second-order valence-electron chi connectivity index (χ2n) is 5.67. The fourth-order valence-electron chi connectivity index (χ4n) is 2.63. The van der Waals surface area contributed by atoms with Gasteiger partial charge < -0.3 is 4.74 Å². The first-order valence-electron chi connectivity index (χ1n) is 8.02. The molecule has 2 aromatic rings. The van der Waals surface area contributed by atoms with Crippen molar-refractivity contribution in [1.29, 1.82) is 5.26 Å². The number of halogens is 1. The van der Waals surface area contributed by atoms with Crippen LogP contribution >= 0.6 is 11.6 Å². The number of anilines is 1. The molecule has 1 aliphatic rings. The molecule has 2 aromatic carbocycles. The van der Waals surface area contributed by atoms with E-state index >= 15 is 0 Å². The second kappa shape index (κ2) is 7.90. The number of benzene rings is 2. The zero-order chi connectivity index (χ0) is 20.3. The first-order chi connectivity index (χ1) is 13.5. The van der Waals surface area contributed by atoms with Crippen LogP contribution < -0.4 is 15.0 Å². The molecule has 9 heteroatoms. The Morgan fingerprint density at radius 2 is 2.00 bits per heavy atom. The lowest BCUT2D eigenvalue weighted by Crippen LogP contribution is -2.58. The van der Waals surface area contributed by atoms with E-state index in [1.165, 1.54) is 31.4 Å². The number of nitrogens with zero attached hydrogens (tertiary/aromatic N) is 3. The summed E-state index contributed by atoms with van der Waals surface area (Å²) in [5, 5.41) is 11.6. The van der Waals surface area contributed by atoms with E-state index in [2.05, 4.69) is 10.3 Å². The average Bonchev–Trinajstić information content (AvgIpc) is 2.68. The van der Waals surface area contributed by atoms with Gasteiger partial charge in [-0.1, -0.05) is 23.7 Å². The van der Waals surface area contributed by atoms with Crippen LogP contribution in [0.5, 0.6) is 5.75 Å². The van der Waals surface area contributed by atoms with Gasteiger partial charge in [-0.05, 0) is 30.3 Å². The van der Waals surface area contributed by atoms with E-state index in [1.807, 2.05) is 6.07 Å². The molecule has 0 saturated carbocycles. The highest BCUT2D eigenvalue weighted by Crippen LogP contribution is 2.30. The van der Waals surface area contributed by atoms with Crippen molar-refractivity contribution >= 4 is 47.0 Å². The van der Waals surface area contributed by atoms with E-state index in [0.717, 1.165) is 11.1 Å². The van der Waals surface area contributed by atoms with E-state index < -0.39 is 23.8 Å². The Morgan fingerprint density at radius 1 is 1.25 bits per heavy atom. The fourth-order valence-corrected chi connectivity index (χ4v) is 2.79. The normalized spacial score (nSPS) is 16.8. The van der Waals surface area contributed by atoms with Gasteiger partial charge >= 0.3 is 6.03 Å². The van der Waals surface area contributed by atoms with Crippen molar-refractivity contribution in [3.63, 3.8) is 0 Å². The fraction of sp³-hybridized carbons (Fsp3) is 0.105. The van der Waals surface area contributed by atoms with E-state index in [-0.39, 0.29) is 22.7 Å². The minimum atomic E-state index is -1.37. The molecule has 0 spiro atoms. The van der Waals surface area contributed by atoms with Crippen molar-refractivity contribution < 1.29 is 19.1 Å². The van der Waals surface area contributed by atoms with Crippen LogP contribution in [0.2, 0.25) is 5.02 Å². The number of imide groups is 2. The van der Waals surface area contributed by atoms with Crippen LogP contribution in [-0.4, -0.2) is 31.2 Å². The largest absolute Gasteiger partial charge is 0.495 e. The van der Waals surface area contributed by atoms with Crippen molar-refractivity contribution in [3.05, 3.63) is 53.1 Å². The van der Waals surface area contributed by atoms with Gasteiger partial charge in [0.25, 0.3) is 5.91 Å². The number of urea groups is 1. The number of para-hydroxylation sites is 2. The van der Waals surface area contributed by atoms with Gasteiger partial charge in [-0.25, -0.2) is 9.69 Å². The van der Waals surface area contributed by atoms with Crippen LogP contribution in [-0.2, 0) is 9.59 Å². The van der Waals surface area contributed by atoms with Crippen LogP contribution in [0.1, 0.15) is 5.56 Å². The molecular weight excluding hydrogens is 384 g/mol. The average molecular weight is 397 g/mol. The molecule has 1 fully saturated rings. The van der Waals surface area contributed by atoms with Crippen molar-refractivity contribution in [3.8, 4) is 11.8 Å². The SMILES string of the molecule is COc1ccccc1N1C(=O)NC(=O)[C@H](C=Nc2cc(Cl)ccc2C#N)C1=O. The van der Waals surface area contributed by atoms with Gasteiger partial charge in [-0.3, -0.25) is 19.9 Å². The van der Waals surface area contributed by atoms with Crippen LogP contribution in [0.3, 0.4) is 0 Å². The number of amides is 4. The Balaban J connectivity index is 1.97. The molecule has 1 aliphatic heterocycles. The summed E-state index contributed by atoms with van der Waals surface area (Å²) >= 11 is 5.91. The Labute approximate surface area is 165 Å². The van der Waals surface area contributed by atoms with Gasteiger partial charge in [0.2, 0.25) is 5.91 Å². The number of nitrogens with one attached hydrogen (secondary N) is 1. The van der Waals surface area contributed by atoms with Crippen LogP contribution in [0.4, 0.5) is 16.2 Å². The number of hydrogen-bond donors (Lipinski definition) is 1. The molecule has 0 aromatic heterocycles. The van der Waals surface area contributed by atoms with E-state index in [4.69, 9.17) is 21.6 Å². The summed E-state index contributed by atoms with van der Waals surface area (Å²) in [4.78, 5) is 42.2. The van der Waals surface area contributed by atoms with Crippen molar-refractivity contribution in [1.82, 2.24) is 5.32 Å². The third-order valence-corrected chi connectivity index (χ3v) is 4.21. The lowest BCUT2D eigenvalue weighted by molar-refractivity contribution is -0.131. The van der Waals surface area contributed by atoms with E-state index in [1.54, 1.807) is 18.2 Å².